The fourth-order valence-electron chi connectivity index (χ4n) is 0.912. The van der Waals surface area contributed by atoms with E-state index in [9.17, 15) is 17.6 Å². The number of phenolic OH excluding ortho intramolecular Hbond substituents is 1. The Morgan fingerprint density at radius 1 is 1.29 bits per heavy atom. The van der Waals surface area contributed by atoms with Crippen molar-refractivity contribution in [1.82, 2.24) is 0 Å². The van der Waals surface area contributed by atoms with E-state index in [4.69, 9.17) is 10.8 Å². The molecule has 0 saturated carbocycles. The Morgan fingerprint density at radius 3 is 2.29 bits per heavy atom. The number of hydrogen-bond acceptors (Lipinski definition) is 2. The minimum atomic E-state index is -4.61. The van der Waals surface area contributed by atoms with Crippen LogP contribution < -0.4 is 5.73 Å². The van der Waals surface area contributed by atoms with Gasteiger partial charge in [0.2, 0.25) is 0 Å². The standard InChI is InChI=1S/C8H7F4NO/c9-5-2-1-4(3-6(5)14)7(13)8(10,11)12/h1-3,7,14H,13H2. The lowest BCUT2D eigenvalue weighted by Crippen LogP contribution is -2.28. The molecule has 0 radical (unpaired) electrons. The summed E-state index contributed by atoms with van der Waals surface area (Å²) in [6, 6.07) is 0.0609. The minimum absolute atomic E-state index is 0.378. The third-order valence-corrected chi connectivity index (χ3v) is 1.68. The third-order valence-electron chi connectivity index (χ3n) is 1.68. The highest BCUT2D eigenvalue weighted by molar-refractivity contribution is 5.31. The molecule has 1 aromatic carbocycles. The lowest BCUT2D eigenvalue weighted by molar-refractivity contribution is -0.149. The normalized spacial score (nSPS) is 14.1. The molecule has 0 heterocycles. The van der Waals surface area contributed by atoms with Crippen molar-refractivity contribution in [3.8, 4) is 5.75 Å². The van der Waals surface area contributed by atoms with E-state index in [0.29, 0.717) is 6.07 Å². The van der Waals surface area contributed by atoms with Gasteiger partial charge in [0.05, 0.1) is 0 Å². The number of hydrogen-bond donors (Lipinski definition) is 2. The molecule has 0 bridgehead atoms. The average Bonchev–Trinajstić information content (AvgIpc) is 2.07. The number of halogens is 4. The second-order valence-corrected chi connectivity index (χ2v) is 2.73. The zero-order valence-electron chi connectivity index (χ0n) is 6.85. The van der Waals surface area contributed by atoms with E-state index in [-0.39, 0.29) is 5.56 Å². The molecule has 0 aliphatic rings. The first-order valence-electron chi connectivity index (χ1n) is 3.63. The zero-order valence-corrected chi connectivity index (χ0v) is 6.85. The van der Waals surface area contributed by atoms with Gasteiger partial charge in [0.25, 0.3) is 0 Å². The summed E-state index contributed by atoms with van der Waals surface area (Å²) in [4.78, 5) is 0. The minimum Gasteiger partial charge on any atom is -0.505 e. The monoisotopic (exact) mass is 209 g/mol. The van der Waals surface area contributed by atoms with Crippen molar-refractivity contribution in [3.05, 3.63) is 29.6 Å². The molecule has 1 atom stereocenters. The first kappa shape index (κ1) is 10.8. The van der Waals surface area contributed by atoms with Gasteiger partial charge in [-0.2, -0.15) is 13.2 Å². The van der Waals surface area contributed by atoms with E-state index in [0.717, 1.165) is 12.1 Å². The van der Waals surface area contributed by atoms with Gasteiger partial charge in [-0.3, -0.25) is 0 Å². The van der Waals surface area contributed by atoms with Crippen molar-refractivity contribution < 1.29 is 22.7 Å². The van der Waals surface area contributed by atoms with Crippen LogP contribution in [0.25, 0.3) is 0 Å². The lowest BCUT2D eigenvalue weighted by Gasteiger charge is -2.15. The summed E-state index contributed by atoms with van der Waals surface area (Å²) in [6.07, 6.45) is -4.61. The second-order valence-electron chi connectivity index (χ2n) is 2.73. The van der Waals surface area contributed by atoms with Crippen LogP contribution in [0.5, 0.6) is 5.75 Å². The highest BCUT2D eigenvalue weighted by Crippen LogP contribution is 2.32. The number of phenols is 1. The van der Waals surface area contributed by atoms with E-state index < -0.39 is 23.8 Å². The fourth-order valence-corrected chi connectivity index (χ4v) is 0.912. The predicted octanol–water partition coefficient (Wildman–Crippen LogP) is 2.09. The molecule has 14 heavy (non-hydrogen) atoms. The SMILES string of the molecule is NC(c1ccc(F)c(O)c1)C(F)(F)F. The van der Waals surface area contributed by atoms with E-state index in [2.05, 4.69) is 0 Å². The molecule has 0 aromatic heterocycles. The van der Waals surface area contributed by atoms with Gasteiger partial charge in [-0.1, -0.05) is 6.07 Å². The average molecular weight is 209 g/mol. The molecule has 0 aliphatic carbocycles. The van der Waals surface area contributed by atoms with E-state index in [1.807, 2.05) is 0 Å². The molecule has 0 fully saturated rings. The summed E-state index contributed by atoms with van der Waals surface area (Å²) in [5, 5.41) is 8.82. The molecule has 1 aromatic rings. The number of rotatable bonds is 1. The smallest absolute Gasteiger partial charge is 0.407 e. The van der Waals surface area contributed by atoms with Gasteiger partial charge in [0, 0.05) is 0 Å². The Kier molecular flexibility index (Phi) is 2.66. The number of benzene rings is 1. The molecule has 0 saturated heterocycles. The molecule has 1 unspecified atom stereocenters. The van der Waals surface area contributed by atoms with Crippen LogP contribution in [0.4, 0.5) is 17.6 Å². The fraction of sp³-hybridized carbons (Fsp3) is 0.250. The van der Waals surface area contributed by atoms with Crippen molar-refractivity contribution in [2.75, 3.05) is 0 Å². The van der Waals surface area contributed by atoms with Crippen LogP contribution in [0, 0.1) is 5.82 Å². The van der Waals surface area contributed by atoms with Gasteiger partial charge in [-0.05, 0) is 17.7 Å². The largest absolute Gasteiger partial charge is 0.505 e. The van der Waals surface area contributed by atoms with Gasteiger partial charge in [0.1, 0.15) is 6.04 Å². The van der Waals surface area contributed by atoms with Crippen LogP contribution in [0.15, 0.2) is 18.2 Å². The third kappa shape index (κ3) is 2.14. The van der Waals surface area contributed by atoms with Crippen LogP contribution in [0.3, 0.4) is 0 Å². The highest BCUT2D eigenvalue weighted by atomic mass is 19.4. The van der Waals surface area contributed by atoms with Crippen LogP contribution in [-0.2, 0) is 0 Å². The van der Waals surface area contributed by atoms with Crippen LogP contribution in [0.2, 0.25) is 0 Å². The summed E-state index contributed by atoms with van der Waals surface area (Å²) >= 11 is 0. The van der Waals surface area contributed by atoms with Crippen molar-refractivity contribution in [3.63, 3.8) is 0 Å². The molecular weight excluding hydrogens is 202 g/mol. The van der Waals surface area contributed by atoms with Crippen molar-refractivity contribution in [1.29, 1.82) is 0 Å². The highest BCUT2D eigenvalue weighted by Gasteiger charge is 2.38. The van der Waals surface area contributed by atoms with Gasteiger partial charge in [0.15, 0.2) is 11.6 Å². The molecule has 78 valence electrons. The maximum atomic E-state index is 12.5. The first-order valence-corrected chi connectivity index (χ1v) is 3.63. The Balaban J connectivity index is 3.03. The molecule has 6 heteroatoms. The maximum Gasteiger partial charge on any atom is 0.407 e. The number of alkyl halides is 3. The molecule has 2 nitrogen and oxygen atoms in total. The molecule has 1 rings (SSSR count). The van der Waals surface area contributed by atoms with Gasteiger partial charge < -0.3 is 10.8 Å². The summed E-state index contributed by atoms with van der Waals surface area (Å²) in [6.45, 7) is 0. The van der Waals surface area contributed by atoms with Gasteiger partial charge >= 0.3 is 6.18 Å². The summed E-state index contributed by atoms with van der Waals surface area (Å²) in [7, 11) is 0. The van der Waals surface area contributed by atoms with Crippen molar-refractivity contribution in [2.24, 2.45) is 5.73 Å². The Labute approximate surface area is 77.0 Å². The topological polar surface area (TPSA) is 46.2 Å². The Morgan fingerprint density at radius 2 is 1.86 bits per heavy atom. The lowest BCUT2D eigenvalue weighted by atomic mass is 10.1. The maximum absolute atomic E-state index is 12.5. The van der Waals surface area contributed by atoms with Crippen molar-refractivity contribution in [2.45, 2.75) is 12.2 Å². The van der Waals surface area contributed by atoms with Crippen LogP contribution in [0.1, 0.15) is 11.6 Å². The summed E-state index contributed by atoms with van der Waals surface area (Å²) in [5.74, 6) is -1.83. The van der Waals surface area contributed by atoms with E-state index >= 15 is 0 Å². The predicted molar refractivity (Wildman–Crippen MR) is 41.0 cm³/mol. The second kappa shape index (κ2) is 3.45. The molecular formula is C8H7F4NO. The molecule has 0 spiro atoms. The van der Waals surface area contributed by atoms with Crippen molar-refractivity contribution >= 4 is 0 Å². The number of nitrogens with two attached hydrogens (primary N) is 1. The molecule has 0 amide bonds. The van der Waals surface area contributed by atoms with Crippen LogP contribution in [-0.4, -0.2) is 11.3 Å². The Hall–Kier alpha value is -1.30. The van der Waals surface area contributed by atoms with Gasteiger partial charge in [-0.15, -0.1) is 0 Å². The van der Waals surface area contributed by atoms with Crippen LogP contribution >= 0.6 is 0 Å². The van der Waals surface area contributed by atoms with E-state index in [1.54, 1.807) is 0 Å². The quantitative estimate of drug-likeness (QED) is 0.695. The molecule has 3 N–H and O–H groups in total. The number of aromatic hydroxyl groups is 1. The van der Waals surface area contributed by atoms with Gasteiger partial charge in [-0.25, -0.2) is 4.39 Å². The first-order chi connectivity index (χ1) is 6.32. The zero-order chi connectivity index (χ0) is 10.9. The Bertz CT molecular complexity index is 337. The summed E-state index contributed by atoms with van der Waals surface area (Å²) in [5.41, 5.74) is 4.45. The summed E-state index contributed by atoms with van der Waals surface area (Å²) < 4.78 is 48.7. The van der Waals surface area contributed by atoms with E-state index in [1.165, 1.54) is 0 Å². The molecule has 0 aliphatic heterocycles.